The molecule has 0 spiro atoms. The van der Waals surface area contributed by atoms with E-state index in [1.54, 1.807) is 12.1 Å². The Hall–Kier alpha value is -2.66. The predicted molar refractivity (Wildman–Crippen MR) is 110 cm³/mol. The van der Waals surface area contributed by atoms with Crippen LogP contribution in [0.25, 0.3) is 0 Å². The Morgan fingerprint density at radius 1 is 1.00 bits per heavy atom. The van der Waals surface area contributed by atoms with E-state index >= 15 is 0 Å². The molecular formula is C22H27FN4. The summed E-state index contributed by atoms with van der Waals surface area (Å²) in [5.41, 5.74) is 2.80. The number of halogens is 1. The fraction of sp³-hybridized carbons (Fsp3) is 0.318. The van der Waals surface area contributed by atoms with Crippen LogP contribution in [0.3, 0.4) is 0 Å². The molecule has 5 heteroatoms. The number of nitrogens with zero attached hydrogens (tertiary/aromatic N) is 1. The van der Waals surface area contributed by atoms with E-state index in [0.717, 1.165) is 37.2 Å². The summed E-state index contributed by atoms with van der Waals surface area (Å²) in [5.74, 6) is 0.424. The van der Waals surface area contributed by atoms with Crippen LogP contribution >= 0.6 is 0 Å². The monoisotopic (exact) mass is 366 g/mol. The third-order valence-corrected chi connectivity index (χ3v) is 4.66. The van der Waals surface area contributed by atoms with Gasteiger partial charge in [0.25, 0.3) is 0 Å². The van der Waals surface area contributed by atoms with Crippen LogP contribution in [0.5, 0.6) is 0 Å². The minimum Gasteiger partial charge on any atom is -0.330 e. The van der Waals surface area contributed by atoms with E-state index in [-0.39, 0.29) is 5.82 Å². The lowest BCUT2D eigenvalue weighted by Crippen LogP contribution is -2.48. The van der Waals surface area contributed by atoms with E-state index in [1.807, 2.05) is 6.07 Å². The van der Waals surface area contributed by atoms with E-state index in [2.05, 4.69) is 60.1 Å². The quantitative estimate of drug-likeness (QED) is 0.679. The van der Waals surface area contributed by atoms with Crippen molar-refractivity contribution in [2.45, 2.75) is 38.8 Å². The Morgan fingerprint density at radius 3 is 2.41 bits per heavy atom. The molecule has 0 amide bonds. The molecule has 0 bridgehead atoms. The van der Waals surface area contributed by atoms with Crippen LogP contribution < -0.4 is 16.0 Å². The van der Waals surface area contributed by atoms with E-state index < -0.39 is 5.66 Å². The standard InChI is InChI=1S/C22H27FN4/c1-3-22(24-4-2)16-20(13-10-17-8-6-5-7-9-17)26-21(27-22)25-19-14-11-18(23)12-15-19/h5-9,11-12,14-16,24H,3-4,10,13H2,1-2H3,(H2,25,26,27). The van der Waals surface area contributed by atoms with Gasteiger partial charge in [0, 0.05) is 11.4 Å². The molecule has 0 saturated heterocycles. The predicted octanol–water partition coefficient (Wildman–Crippen LogP) is 4.43. The van der Waals surface area contributed by atoms with Crippen LogP contribution in [-0.2, 0) is 6.42 Å². The fourth-order valence-corrected chi connectivity index (χ4v) is 3.23. The highest BCUT2D eigenvalue weighted by molar-refractivity contribution is 5.95. The number of nitrogens with one attached hydrogen (secondary N) is 3. The van der Waals surface area contributed by atoms with Crippen LogP contribution in [0.1, 0.15) is 32.3 Å². The van der Waals surface area contributed by atoms with Crippen molar-refractivity contribution in [3.8, 4) is 0 Å². The van der Waals surface area contributed by atoms with Crippen LogP contribution in [0.2, 0.25) is 0 Å². The lowest BCUT2D eigenvalue weighted by atomic mass is 10.0. The van der Waals surface area contributed by atoms with Gasteiger partial charge in [-0.05, 0) is 61.7 Å². The van der Waals surface area contributed by atoms with Crippen LogP contribution in [0.15, 0.2) is 71.4 Å². The molecule has 1 aliphatic heterocycles. The van der Waals surface area contributed by atoms with E-state index in [0.29, 0.717) is 5.96 Å². The first-order chi connectivity index (χ1) is 13.1. The zero-order chi connectivity index (χ0) is 19.1. The lowest BCUT2D eigenvalue weighted by molar-refractivity contribution is 0.405. The summed E-state index contributed by atoms with van der Waals surface area (Å²) in [7, 11) is 0. The summed E-state index contributed by atoms with van der Waals surface area (Å²) in [6.45, 7) is 5.03. The first-order valence-corrected chi connectivity index (χ1v) is 9.52. The first kappa shape index (κ1) is 19.1. The highest BCUT2D eigenvalue weighted by atomic mass is 19.1. The summed E-state index contributed by atoms with van der Waals surface area (Å²) < 4.78 is 13.2. The van der Waals surface area contributed by atoms with Gasteiger partial charge in [-0.25, -0.2) is 9.38 Å². The Labute approximate surface area is 160 Å². The number of anilines is 1. The summed E-state index contributed by atoms with van der Waals surface area (Å²) in [4.78, 5) is 4.86. The summed E-state index contributed by atoms with van der Waals surface area (Å²) in [5, 5.41) is 10.2. The maximum Gasteiger partial charge on any atom is 0.202 e. The number of hydrogen-bond acceptors (Lipinski definition) is 4. The zero-order valence-electron chi connectivity index (χ0n) is 15.9. The van der Waals surface area contributed by atoms with Gasteiger partial charge >= 0.3 is 0 Å². The van der Waals surface area contributed by atoms with Crippen LogP contribution in [-0.4, -0.2) is 18.2 Å². The summed E-state index contributed by atoms with van der Waals surface area (Å²) in [6.07, 6.45) is 4.87. The average Bonchev–Trinajstić information content (AvgIpc) is 2.69. The highest BCUT2D eigenvalue weighted by Crippen LogP contribution is 2.23. The molecule has 1 atom stereocenters. The first-order valence-electron chi connectivity index (χ1n) is 9.52. The molecule has 1 aliphatic rings. The molecule has 0 saturated carbocycles. The number of hydrogen-bond donors (Lipinski definition) is 3. The molecule has 3 N–H and O–H groups in total. The van der Waals surface area contributed by atoms with E-state index in [4.69, 9.17) is 4.99 Å². The van der Waals surface area contributed by atoms with Crippen molar-refractivity contribution in [2.24, 2.45) is 4.99 Å². The smallest absolute Gasteiger partial charge is 0.202 e. The van der Waals surface area contributed by atoms with Gasteiger partial charge in [0.2, 0.25) is 5.96 Å². The highest BCUT2D eigenvalue weighted by Gasteiger charge is 2.29. The molecule has 1 unspecified atom stereocenters. The molecule has 0 radical (unpaired) electrons. The Balaban J connectivity index is 1.78. The summed E-state index contributed by atoms with van der Waals surface area (Å²) >= 11 is 0. The Kier molecular flexibility index (Phi) is 6.24. The second-order valence-electron chi connectivity index (χ2n) is 6.68. The topological polar surface area (TPSA) is 48.4 Å². The van der Waals surface area contributed by atoms with Gasteiger partial charge in [0.1, 0.15) is 11.5 Å². The van der Waals surface area contributed by atoms with E-state index in [9.17, 15) is 4.39 Å². The van der Waals surface area contributed by atoms with Gasteiger partial charge in [0.05, 0.1) is 0 Å². The molecular weight excluding hydrogens is 339 g/mol. The van der Waals surface area contributed by atoms with E-state index in [1.165, 1.54) is 17.7 Å². The molecule has 2 aromatic carbocycles. The Bertz CT molecular complexity index is 799. The number of rotatable bonds is 7. The SMILES string of the molecule is CCNC1(CC)C=C(CCc2ccccc2)NC(Nc2ccc(F)cc2)=N1. The molecule has 142 valence electrons. The number of allylic oxidation sites excluding steroid dienone is 1. The molecule has 0 fully saturated rings. The third kappa shape index (κ3) is 5.17. The largest absolute Gasteiger partial charge is 0.330 e. The molecule has 1 heterocycles. The normalized spacial score (nSPS) is 19.1. The van der Waals surface area contributed by atoms with Gasteiger partial charge in [-0.1, -0.05) is 44.2 Å². The number of guanidine groups is 1. The minimum absolute atomic E-state index is 0.252. The van der Waals surface area contributed by atoms with Gasteiger partial charge in [0.15, 0.2) is 0 Å². The second kappa shape index (κ2) is 8.82. The van der Waals surface area contributed by atoms with Gasteiger partial charge < -0.3 is 10.6 Å². The van der Waals surface area contributed by atoms with Gasteiger partial charge in [-0.15, -0.1) is 0 Å². The summed E-state index contributed by atoms with van der Waals surface area (Å²) in [6, 6.07) is 16.8. The van der Waals surface area contributed by atoms with Crippen LogP contribution in [0.4, 0.5) is 10.1 Å². The van der Waals surface area contributed by atoms with Crippen molar-refractivity contribution in [2.75, 3.05) is 11.9 Å². The lowest BCUT2D eigenvalue weighted by Gasteiger charge is -2.33. The number of benzene rings is 2. The van der Waals surface area contributed by atoms with Crippen molar-refractivity contribution in [1.82, 2.24) is 10.6 Å². The number of aliphatic imine (C=N–C) groups is 1. The molecule has 0 aromatic heterocycles. The second-order valence-corrected chi connectivity index (χ2v) is 6.68. The fourth-order valence-electron chi connectivity index (χ4n) is 3.23. The van der Waals surface area contributed by atoms with Crippen molar-refractivity contribution < 1.29 is 4.39 Å². The third-order valence-electron chi connectivity index (χ3n) is 4.66. The van der Waals surface area contributed by atoms with Gasteiger partial charge in [-0.3, -0.25) is 5.32 Å². The van der Waals surface area contributed by atoms with Crippen molar-refractivity contribution in [3.05, 3.63) is 77.8 Å². The molecule has 27 heavy (non-hydrogen) atoms. The van der Waals surface area contributed by atoms with Gasteiger partial charge in [-0.2, -0.15) is 0 Å². The zero-order valence-corrected chi connectivity index (χ0v) is 15.9. The molecule has 2 aromatic rings. The number of likely N-dealkylation sites (N-methyl/N-ethyl adjacent to an activating group) is 1. The van der Waals surface area contributed by atoms with Crippen molar-refractivity contribution in [3.63, 3.8) is 0 Å². The molecule has 3 rings (SSSR count). The average molecular weight is 366 g/mol. The Morgan fingerprint density at radius 2 is 1.74 bits per heavy atom. The maximum atomic E-state index is 13.2. The maximum absolute atomic E-state index is 13.2. The molecule has 4 nitrogen and oxygen atoms in total. The minimum atomic E-state index is -0.436. The number of aryl methyl sites for hydroxylation is 1. The van der Waals surface area contributed by atoms with Crippen molar-refractivity contribution >= 4 is 11.6 Å². The van der Waals surface area contributed by atoms with Crippen LogP contribution in [0, 0.1) is 5.82 Å². The van der Waals surface area contributed by atoms with Crippen molar-refractivity contribution in [1.29, 1.82) is 0 Å². The molecule has 0 aliphatic carbocycles.